The molecule has 0 bridgehead atoms. The molecule has 0 heterocycles. The van der Waals surface area contributed by atoms with Crippen molar-refractivity contribution in [3.8, 4) is 5.75 Å². The molecular weight excluding hydrogens is 309 g/mol. The third-order valence-electron chi connectivity index (χ3n) is 4.80. The van der Waals surface area contributed by atoms with E-state index < -0.39 is 0 Å². The molecule has 19 heavy (non-hydrogen) atoms. The van der Waals surface area contributed by atoms with Gasteiger partial charge in [0.2, 0.25) is 0 Å². The third-order valence-corrected chi connectivity index (χ3v) is 5.41. The summed E-state index contributed by atoms with van der Waals surface area (Å²) in [6.07, 6.45) is 7.25. The molecule has 2 fully saturated rings. The molecule has 3 rings (SSSR count). The lowest BCUT2D eigenvalue weighted by molar-refractivity contribution is -0.0898. The van der Waals surface area contributed by atoms with Crippen LogP contribution in [0.15, 0.2) is 22.7 Å². The molecule has 104 valence electrons. The minimum absolute atomic E-state index is 0.166. The second kappa shape index (κ2) is 5.06. The zero-order valence-electron chi connectivity index (χ0n) is 10.9. The van der Waals surface area contributed by atoms with Gasteiger partial charge < -0.3 is 10.5 Å². The molecular formula is C15H19BrFNO. The number of hydrogen-bond acceptors (Lipinski definition) is 2. The Morgan fingerprint density at radius 1 is 1.26 bits per heavy atom. The summed E-state index contributed by atoms with van der Waals surface area (Å²) in [6.45, 7) is 0. The highest BCUT2D eigenvalue weighted by atomic mass is 79.9. The van der Waals surface area contributed by atoms with Crippen LogP contribution in [0.25, 0.3) is 0 Å². The molecule has 0 radical (unpaired) electrons. The molecule has 2 unspecified atom stereocenters. The first-order valence-corrected chi connectivity index (χ1v) is 7.78. The first-order chi connectivity index (χ1) is 9.12. The van der Waals surface area contributed by atoms with Crippen molar-refractivity contribution in [3.05, 3.63) is 28.5 Å². The molecule has 2 atom stereocenters. The largest absolute Gasteiger partial charge is 0.490 e. The summed E-state index contributed by atoms with van der Waals surface area (Å²) in [5.41, 5.74) is 6.40. The Hall–Kier alpha value is -0.610. The molecule has 1 aromatic carbocycles. The summed E-state index contributed by atoms with van der Waals surface area (Å²) in [5, 5.41) is 0. The molecule has 2 aliphatic rings. The Bertz CT molecular complexity index is 473. The van der Waals surface area contributed by atoms with E-state index >= 15 is 0 Å². The van der Waals surface area contributed by atoms with Crippen LogP contribution in [0.2, 0.25) is 0 Å². The maximum atomic E-state index is 13.2. The molecule has 0 aliphatic heterocycles. The van der Waals surface area contributed by atoms with Gasteiger partial charge in [0.15, 0.2) is 0 Å². The van der Waals surface area contributed by atoms with E-state index in [0.717, 1.165) is 12.2 Å². The number of hydrogen-bond donors (Lipinski definition) is 1. The van der Waals surface area contributed by atoms with Crippen molar-refractivity contribution in [3.63, 3.8) is 0 Å². The zero-order valence-corrected chi connectivity index (χ0v) is 12.5. The van der Waals surface area contributed by atoms with Crippen molar-refractivity contribution in [2.45, 2.75) is 50.7 Å². The summed E-state index contributed by atoms with van der Waals surface area (Å²) in [7, 11) is 0. The van der Waals surface area contributed by atoms with Gasteiger partial charge in [0, 0.05) is 17.9 Å². The molecule has 4 heteroatoms. The molecule has 0 aromatic heterocycles. The van der Waals surface area contributed by atoms with Gasteiger partial charge in [-0.05, 0) is 47.0 Å². The van der Waals surface area contributed by atoms with Crippen LogP contribution < -0.4 is 10.5 Å². The highest BCUT2D eigenvalue weighted by molar-refractivity contribution is 9.10. The van der Waals surface area contributed by atoms with Crippen LogP contribution in [-0.2, 0) is 0 Å². The first kappa shape index (κ1) is 13.4. The van der Waals surface area contributed by atoms with E-state index in [0.29, 0.717) is 4.47 Å². The second-order valence-electron chi connectivity index (χ2n) is 5.82. The van der Waals surface area contributed by atoms with Crippen molar-refractivity contribution in [2.24, 2.45) is 11.1 Å². The van der Waals surface area contributed by atoms with Gasteiger partial charge in [-0.25, -0.2) is 4.39 Å². The van der Waals surface area contributed by atoms with Gasteiger partial charge in [0.1, 0.15) is 17.7 Å². The van der Waals surface area contributed by atoms with Crippen LogP contribution in [0.5, 0.6) is 5.75 Å². The van der Waals surface area contributed by atoms with E-state index in [1.54, 1.807) is 12.1 Å². The van der Waals surface area contributed by atoms with Gasteiger partial charge in [-0.15, -0.1) is 0 Å². The van der Waals surface area contributed by atoms with Gasteiger partial charge in [-0.3, -0.25) is 0 Å². The Balaban J connectivity index is 1.74. The average Bonchev–Trinajstić information content (AvgIpc) is 2.43. The van der Waals surface area contributed by atoms with Crippen LogP contribution in [-0.4, -0.2) is 12.1 Å². The van der Waals surface area contributed by atoms with Gasteiger partial charge >= 0.3 is 0 Å². The van der Waals surface area contributed by atoms with Crippen molar-refractivity contribution in [1.82, 2.24) is 0 Å². The summed E-state index contributed by atoms with van der Waals surface area (Å²) >= 11 is 3.20. The monoisotopic (exact) mass is 327 g/mol. The number of rotatable bonds is 2. The van der Waals surface area contributed by atoms with E-state index in [4.69, 9.17) is 10.5 Å². The van der Waals surface area contributed by atoms with Crippen LogP contribution >= 0.6 is 15.9 Å². The SMILES string of the molecule is NC1CC(Oc2ccc(F)c(Br)c2)C12CCCCC2. The fourth-order valence-electron chi connectivity index (χ4n) is 3.56. The smallest absolute Gasteiger partial charge is 0.137 e. The fourth-order valence-corrected chi connectivity index (χ4v) is 3.92. The van der Waals surface area contributed by atoms with E-state index in [9.17, 15) is 4.39 Å². The predicted octanol–water partition coefficient (Wildman–Crippen LogP) is 4.02. The second-order valence-corrected chi connectivity index (χ2v) is 6.67. The van der Waals surface area contributed by atoms with Gasteiger partial charge in [0.25, 0.3) is 0 Å². The highest BCUT2D eigenvalue weighted by Gasteiger charge is 2.54. The van der Waals surface area contributed by atoms with Crippen molar-refractivity contribution < 1.29 is 9.13 Å². The van der Waals surface area contributed by atoms with Crippen LogP contribution in [0.1, 0.15) is 38.5 Å². The molecule has 1 spiro atoms. The minimum atomic E-state index is -0.259. The maximum Gasteiger partial charge on any atom is 0.137 e. The normalized spacial score (nSPS) is 29.0. The Morgan fingerprint density at radius 2 is 2.00 bits per heavy atom. The van der Waals surface area contributed by atoms with Crippen molar-refractivity contribution in [2.75, 3.05) is 0 Å². The summed E-state index contributed by atoms with van der Waals surface area (Å²) in [4.78, 5) is 0. The van der Waals surface area contributed by atoms with E-state index in [1.165, 1.54) is 38.2 Å². The van der Waals surface area contributed by atoms with Gasteiger partial charge in [-0.1, -0.05) is 19.3 Å². The molecule has 2 aliphatic carbocycles. The number of halogens is 2. The fraction of sp³-hybridized carbons (Fsp3) is 0.600. The Kier molecular flexibility index (Phi) is 3.56. The average molecular weight is 328 g/mol. The molecule has 2 saturated carbocycles. The Labute approximate surface area is 121 Å². The molecule has 0 saturated heterocycles. The standard InChI is InChI=1S/C15H19BrFNO/c16-11-8-10(4-5-12(11)17)19-14-9-13(18)15(14)6-2-1-3-7-15/h4-5,8,13-14H,1-3,6-7,9,18H2. The maximum absolute atomic E-state index is 13.2. The summed E-state index contributed by atoms with van der Waals surface area (Å²) < 4.78 is 19.7. The van der Waals surface area contributed by atoms with Crippen molar-refractivity contribution >= 4 is 15.9 Å². The first-order valence-electron chi connectivity index (χ1n) is 6.99. The predicted molar refractivity (Wildman–Crippen MR) is 76.6 cm³/mol. The van der Waals surface area contributed by atoms with Gasteiger partial charge in [-0.2, -0.15) is 0 Å². The van der Waals surface area contributed by atoms with E-state index in [-0.39, 0.29) is 23.4 Å². The summed E-state index contributed by atoms with van der Waals surface area (Å²) in [5.74, 6) is 0.472. The zero-order chi connectivity index (χ0) is 13.5. The van der Waals surface area contributed by atoms with Crippen LogP contribution in [0.4, 0.5) is 4.39 Å². The molecule has 2 nitrogen and oxygen atoms in total. The Morgan fingerprint density at radius 3 is 2.63 bits per heavy atom. The van der Waals surface area contributed by atoms with Crippen LogP contribution in [0, 0.1) is 11.2 Å². The lowest BCUT2D eigenvalue weighted by Crippen LogP contribution is -2.64. The third kappa shape index (κ3) is 2.29. The minimum Gasteiger partial charge on any atom is -0.490 e. The van der Waals surface area contributed by atoms with Crippen LogP contribution in [0.3, 0.4) is 0 Å². The van der Waals surface area contributed by atoms with E-state index in [1.807, 2.05) is 0 Å². The highest BCUT2D eigenvalue weighted by Crippen LogP contribution is 2.52. The number of ether oxygens (including phenoxy) is 1. The molecule has 2 N–H and O–H groups in total. The van der Waals surface area contributed by atoms with Gasteiger partial charge in [0.05, 0.1) is 4.47 Å². The number of nitrogens with two attached hydrogens (primary N) is 1. The lowest BCUT2D eigenvalue weighted by Gasteiger charge is -2.56. The molecule has 0 amide bonds. The lowest BCUT2D eigenvalue weighted by atomic mass is 9.55. The quantitative estimate of drug-likeness (QED) is 0.890. The summed E-state index contributed by atoms with van der Waals surface area (Å²) in [6, 6.07) is 5.10. The molecule has 1 aromatic rings. The van der Waals surface area contributed by atoms with E-state index in [2.05, 4.69) is 15.9 Å². The van der Waals surface area contributed by atoms with Crippen molar-refractivity contribution in [1.29, 1.82) is 0 Å². The number of benzene rings is 1. The topological polar surface area (TPSA) is 35.2 Å².